The zero-order valence-electron chi connectivity index (χ0n) is 13.6. The average Bonchev–Trinajstić information content (AvgIpc) is 2.64. The Kier molecular flexibility index (Phi) is 5.94. The van der Waals surface area contributed by atoms with Gasteiger partial charge in [-0.05, 0) is 42.7 Å². The summed E-state index contributed by atoms with van der Waals surface area (Å²) in [4.78, 5) is 16.6. The lowest BCUT2D eigenvalue weighted by Crippen LogP contribution is -2.15. The van der Waals surface area contributed by atoms with Crippen molar-refractivity contribution in [2.75, 3.05) is 18.6 Å². The smallest absolute Gasteiger partial charge is 0.213 e. The van der Waals surface area contributed by atoms with Gasteiger partial charge in [-0.1, -0.05) is 18.9 Å². The fourth-order valence-corrected chi connectivity index (χ4v) is 1.96. The molecule has 0 N–H and O–H groups in total. The number of nitrogens with zero attached hydrogens (tertiary/aromatic N) is 3. The number of benzene rings is 1. The molecule has 0 spiro atoms. The first-order valence-electron chi connectivity index (χ1n) is 7.52. The van der Waals surface area contributed by atoms with Crippen molar-refractivity contribution in [1.82, 2.24) is 4.98 Å². The molecule has 0 radical (unpaired) electrons. The molecule has 1 aromatic heterocycles. The van der Waals surface area contributed by atoms with Crippen LogP contribution in [0.5, 0.6) is 5.75 Å². The van der Waals surface area contributed by atoms with Crippen LogP contribution in [-0.2, 0) is 4.79 Å². The van der Waals surface area contributed by atoms with Gasteiger partial charge in [0.25, 0.3) is 0 Å². The third kappa shape index (κ3) is 4.34. The molecule has 5 nitrogen and oxygen atoms in total. The van der Waals surface area contributed by atoms with Crippen LogP contribution in [0.25, 0.3) is 0 Å². The van der Waals surface area contributed by atoms with E-state index in [0.717, 1.165) is 18.4 Å². The van der Waals surface area contributed by atoms with Gasteiger partial charge in [0.05, 0.1) is 12.3 Å². The molecule has 0 saturated heterocycles. The minimum Gasteiger partial charge on any atom is -0.491 e. The van der Waals surface area contributed by atoms with Crippen LogP contribution in [0.2, 0.25) is 0 Å². The van der Waals surface area contributed by atoms with Gasteiger partial charge < -0.3 is 9.64 Å². The van der Waals surface area contributed by atoms with E-state index in [2.05, 4.69) is 16.8 Å². The van der Waals surface area contributed by atoms with Crippen LogP contribution in [0.15, 0.2) is 36.4 Å². The van der Waals surface area contributed by atoms with Gasteiger partial charge in [0.15, 0.2) is 0 Å². The number of hydrogen-bond acceptors (Lipinski definition) is 4. The van der Waals surface area contributed by atoms with Crippen molar-refractivity contribution in [3.8, 4) is 23.7 Å². The van der Waals surface area contributed by atoms with Gasteiger partial charge in [0, 0.05) is 12.6 Å². The van der Waals surface area contributed by atoms with Crippen LogP contribution >= 0.6 is 0 Å². The van der Waals surface area contributed by atoms with E-state index in [-0.39, 0.29) is 0 Å². The fraction of sp³-hybridized carbons (Fsp3) is 0.211. The van der Waals surface area contributed by atoms with Crippen LogP contribution in [0.4, 0.5) is 5.69 Å². The molecule has 0 bridgehead atoms. The second kappa shape index (κ2) is 8.36. The highest BCUT2D eigenvalue weighted by Gasteiger charge is 2.08. The molecule has 1 aromatic carbocycles. The Balaban J connectivity index is 2.33. The van der Waals surface area contributed by atoms with Gasteiger partial charge in [0.1, 0.15) is 23.2 Å². The topological polar surface area (TPSA) is 66.2 Å². The molecule has 2 aromatic rings. The maximum atomic E-state index is 11.1. The molecule has 2 rings (SSSR count). The summed E-state index contributed by atoms with van der Waals surface area (Å²) in [6, 6.07) is 12.5. The SMILES string of the molecule is CCCOc1ccc(C#Cc2cccc(C#N)n2)cc1N(C)C=O. The molecule has 0 fully saturated rings. The maximum absolute atomic E-state index is 11.1. The number of ether oxygens (including phenoxy) is 1. The van der Waals surface area contributed by atoms with Gasteiger partial charge in [-0.25, -0.2) is 4.98 Å². The molecule has 0 aliphatic heterocycles. The number of aromatic nitrogens is 1. The second-order valence-electron chi connectivity index (χ2n) is 5.02. The zero-order chi connectivity index (χ0) is 17.4. The van der Waals surface area contributed by atoms with E-state index in [1.54, 1.807) is 37.4 Å². The Morgan fingerprint density at radius 1 is 1.25 bits per heavy atom. The van der Waals surface area contributed by atoms with Crippen molar-refractivity contribution in [1.29, 1.82) is 5.26 Å². The summed E-state index contributed by atoms with van der Waals surface area (Å²) in [7, 11) is 1.66. The number of nitriles is 1. The van der Waals surface area contributed by atoms with Crippen LogP contribution in [-0.4, -0.2) is 25.0 Å². The molecule has 0 aliphatic carbocycles. The molecule has 0 aliphatic rings. The zero-order valence-corrected chi connectivity index (χ0v) is 13.6. The quantitative estimate of drug-likeness (QED) is 0.628. The van der Waals surface area contributed by atoms with Gasteiger partial charge in [-0.2, -0.15) is 5.26 Å². The van der Waals surface area contributed by atoms with Crippen molar-refractivity contribution in [3.63, 3.8) is 0 Å². The van der Waals surface area contributed by atoms with Crippen LogP contribution in [0, 0.1) is 23.2 Å². The number of pyridine rings is 1. The largest absolute Gasteiger partial charge is 0.491 e. The summed E-state index contributed by atoms with van der Waals surface area (Å²) in [6.07, 6.45) is 1.61. The lowest BCUT2D eigenvalue weighted by molar-refractivity contribution is -0.107. The van der Waals surface area contributed by atoms with Crippen molar-refractivity contribution >= 4 is 12.1 Å². The van der Waals surface area contributed by atoms with Crippen LogP contribution < -0.4 is 9.64 Å². The highest BCUT2D eigenvalue weighted by molar-refractivity contribution is 5.79. The summed E-state index contributed by atoms with van der Waals surface area (Å²) in [5.41, 5.74) is 2.23. The van der Waals surface area contributed by atoms with Gasteiger partial charge >= 0.3 is 0 Å². The summed E-state index contributed by atoms with van der Waals surface area (Å²) in [5.74, 6) is 6.56. The predicted molar refractivity (Wildman–Crippen MR) is 91.6 cm³/mol. The molecule has 1 heterocycles. The highest BCUT2D eigenvalue weighted by Crippen LogP contribution is 2.28. The van der Waals surface area contributed by atoms with Crippen molar-refractivity contribution in [2.24, 2.45) is 0 Å². The molecule has 1 amide bonds. The first kappa shape index (κ1) is 17.1. The lowest BCUT2D eigenvalue weighted by atomic mass is 10.1. The van der Waals surface area contributed by atoms with Gasteiger partial charge in [-0.15, -0.1) is 0 Å². The van der Waals surface area contributed by atoms with E-state index in [0.29, 0.717) is 29.4 Å². The third-order valence-electron chi connectivity index (χ3n) is 3.16. The summed E-state index contributed by atoms with van der Waals surface area (Å²) in [5, 5.41) is 8.86. The Hall–Kier alpha value is -3.31. The monoisotopic (exact) mass is 319 g/mol. The molecule has 0 atom stereocenters. The van der Waals surface area contributed by atoms with Crippen LogP contribution in [0.1, 0.15) is 30.3 Å². The van der Waals surface area contributed by atoms with Crippen molar-refractivity contribution in [2.45, 2.75) is 13.3 Å². The Bertz CT molecular complexity index is 828. The van der Waals surface area contributed by atoms with Gasteiger partial charge in [-0.3, -0.25) is 4.79 Å². The third-order valence-corrected chi connectivity index (χ3v) is 3.16. The molecule has 5 heteroatoms. The normalized spacial score (nSPS) is 9.38. The van der Waals surface area contributed by atoms with E-state index in [9.17, 15) is 4.79 Å². The standard InChI is InChI=1S/C19H17N3O2/c1-3-11-24-19-10-8-15(12-18(19)22(2)14-23)7-9-16-5-4-6-17(13-20)21-16/h4-6,8,10,12,14H,3,11H2,1-2H3. The maximum Gasteiger partial charge on any atom is 0.213 e. The number of carbonyl (C=O) groups is 1. The predicted octanol–water partition coefficient (Wildman–Crippen LogP) is 2.73. The average molecular weight is 319 g/mol. The molecular weight excluding hydrogens is 302 g/mol. The highest BCUT2D eigenvalue weighted by atomic mass is 16.5. The minimum atomic E-state index is 0.325. The van der Waals surface area contributed by atoms with E-state index >= 15 is 0 Å². The minimum absolute atomic E-state index is 0.325. The van der Waals surface area contributed by atoms with E-state index < -0.39 is 0 Å². The Morgan fingerprint density at radius 3 is 2.75 bits per heavy atom. The summed E-state index contributed by atoms with van der Waals surface area (Å²) >= 11 is 0. The molecule has 120 valence electrons. The molecule has 0 saturated carbocycles. The van der Waals surface area contributed by atoms with Crippen LogP contribution in [0.3, 0.4) is 0 Å². The summed E-state index contributed by atoms with van der Waals surface area (Å²) < 4.78 is 5.66. The van der Waals surface area contributed by atoms with E-state index in [4.69, 9.17) is 10.00 Å². The molecule has 0 unspecified atom stereocenters. The number of amides is 1. The number of rotatable bonds is 5. The lowest BCUT2D eigenvalue weighted by Gasteiger charge is -2.16. The number of carbonyl (C=O) groups excluding carboxylic acids is 1. The van der Waals surface area contributed by atoms with Gasteiger partial charge in [0.2, 0.25) is 6.41 Å². The van der Waals surface area contributed by atoms with E-state index in [1.807, 2.05) is 19.1 Å². The fourth-order valence-electron chi connectivity index (χ4n) is 1.96. The first-order valence-corrected chi connectivity index (χ1v) is 7.52. The first-order chi connectivity index (χ1) is 11.7. The molecular formula is C19H17N3O2. The molecule has 24 heavy (non-hydrogen) atoms. The van der Waals surface area contributed by atoms with E-state index in [1.165, 1.54) is 4.90 Å². The number of anilines is 1. The Labute approximate surface area is 141 Å². The summed E-state index contributed by atoms with van der Waals surface area (Å²) in [6.45, 7) is 2.60. The Morgan fingerprint density at radius 2 is 2.04 bits per heavy atom. The second-order valence-corrected chi connectivity index (χ2v) is 5.02. The number of hydrogen-bond donors (Lipinski definition) is 0. The van der Waals surface area contributed by atoms with Crippen molar-refractivity contribution < 1.29 is 9.53 Å². The van der Waals surface area contributed by atoms with Crippen molar-refractivity contribution in [3.05, 3.63) is 53.3 Å².